The van der Waals surface area contributed by atoms with Gasteiger partial charge in [0.1, 0.15) is 5.69 Å². The van der Waals surface area contributed by atoms with Gasteiger partial charge in [0.2, 0.25) is 0 Å². The smallest absolute Gasteiger partial charge is 0.113 e. The van der Waals surface area contributed by atoms with Crippen LogP contribution in [0.4, 0.5) is 0 Å². The Morgan fingerprint density at radius 1 is 1.00 bits per heavy atom. The van der Waals surface area contributed by atoms with Gasteiger partial charge >= 0.3 is 0 Å². The van der Waals surface area contributed by atoms with Gasteiger partial charge in [-0.2, -0.15) is 5.26 Å². The largest absolute Gasteiger partial charge is 0.248 e. The molecule has 0 amide bonds. The van der Waals surface area contributed by atoms with Crippen molar-refractivity contribution in [1.29, 1.82) is 5.26 Å². The average Bonchev–Trinajstić information content (AvgIpc) is 2.48. The van der Waals surface area contributed by atoms with Gasteiger partial charge in [0, 0.05) is 11.8 Å². The average molecular weight is 248 g/mol. The van der Waals surface area contributed by atoms with Crippen LogP contribution in [0.3, 0.4) is 0 Å². The zero-order valence-electron chi connectivity index (χ0n) is 11.4. The summed E-state index contributed by atoms with van der Waals surface area (Å²) in [7, 11) is 0. The van der Waals surface area contributed by atoms with Gasteiger partial charge in [-0.3, -0.25) is 0 Å². The number of nitriles is 1. The Labute approximate surface area is 114 Å². The highest BCUT2D eigenvalue weighted by Gasteiger charge is 1.95. The lowest BCUT2D eigenvalue weighted by Crippen LogP contribution is -1.83. The highest BCUT2D eigenvalue weighted by molar-refractivity contribution is 5.46. The molecule has 0 N–H and O–H groups in total. The molecule has 19 heavy (non-hydrogen) atoms. The van der Waals surface area contributed by atoms with E-state index in [1.165, 1.54) is 0 Å². The molecule has 2 heteroatoms. The van der Waals surface area contributed by atoms with Crippen molar-refractivity contribution in [2.75, 3.05) is 0 Å². The molecule has 0 spiro atoms. The SMILES string of the molecule is CC.Cc1cc(C#N)cc(C#Cc2ccccn2)c1. The van der Waals surface area contributed by atoms with E-state index in [-0.39, 0.29) is 0 Å². The van der Waals surface area contributed by atoms with Crippen molar-refractivity contribution in [3.8, 4) is 17.9 Å². The molecule has 1 aromatic heterocycles. The van der Waals surface area contributed by atoms with Crippen molar-refractivity contribution >= 4 is 0 Å². The van der Waals surface area contributed by atoms with Crippen molar-refractivity contribution in [2.24, 2.45) is 0 Å². The lowest BCUT2D eigenvalue weighted by Gasteiger charge is -1.95. The molecule has 1 heterocycles. The first-order chi connectivity index (χ1) is 9.28. The number of hydrogen-bond acceptors (Lipinski definition) is 2. The second kappa shape index (κ2) is 7.69. The molecule has 0 atom stereocenters. The maximum absolute atomic E-state index is 8.86. The minimum atomic E-state index is 0.635. The summed E-state index contributed by atoms with van der Waals surface area (Å²) in [5, 5.41) is 8.86. The first-order valence-electron chi connectivity index (χ1n) is 6.23. The fraction of sp³-hybridized carbons (Fsp3) is 0.176. The summed E-state index contributed by atoms with van der Waals surface area (Å²) >= 11 is 0. The first kappa shape index (κ1) is 14.5. The van der Waals surface area contributed by atoms with Crippen molar-refractivity contribution in [1.82, 2.24) is 4.98 Å². The van der Waals surface area contributed by atoms with Crippen molar-refractivity contribution < 1.29 is 0 Å². The number of aromatic nitrogens is 1. The number of pyridine rings is 1. The summed E-state index contributed by atoms with van der Waals surface area (Å²) in [4.78, 5) is 4.12. The Bertz CT molecular complexity index is 626. The molecule has 0 aliphatic heterocycles. The predicted octanol–water partition coefficient (Wildman–Crippen LogP) is 3.69. The molecule has 94 valence electrons. The van der Waals surface area contributed by atoms with E-state index in [9.17, 15) is 0 Å². The van der Waals surface area contributed by atoms with Crippen molar-refractivity contribution in [3.63, 3.8) is 0 Å². The van der Waals surface area contributed by atoms with Gasteiger partial charge in [0.05, 0.1) is 11.6 Å². The highest BCUT2D eigenvalue weighted by atomic mass is 14.6. The molecular weight excluding hydrogens is 232 g/mol. The Hall–Kier alpha value is -2.58. The maximum Gasteiger partial charge on any atom is 0.113 e. The summed E-state index contributed by atoms with van der Waals surface area (Å²) in [6.07, 6.45) is 1.71. The second-order valence-corrected chi connectivity index (χ2v) is 3.66. The van der Waals surface area contributed by atoms with Crippen LogP contribution >= 0.6 is 0 Å². The van der Waals surface area contributed by atoms with E-state index in [4.69, 9.17) is 5.26 Å². The van der Waals surface area contributed by atoms with E-state index in [1.807, 2.05) is 51.1 Å². The number of hydrogen-bond donors (Lipinski definition) is 0. The minimum absolute atomic E-state index is 0.635. The third-order valence-corrected chi connectivity index (χ3v) is 2.21. The van der Waals surface area contributed by atoms with Crippen LogP contribution < -0.4 is 0 Å². The predicted molar refractivity (Wildman–Crippen MR) is 77.5 cm³/mol. The van der Waals surface area contributed by atoms with Crippen molar-refractivity contribution in [2.45, 2.75) is 20.8 Å². The minimum Gasteiger partial charge on any atom is -0.248 e. The first-order valence-corrected chi connectivity index (χ1v) is 6.23. The van der Waals surface area contributed by atoms with Gasteiger partial charge < -0.3 is 0 Å². The standard InChI is InChI=1S/C15H10N2.C2H6/c1-12-8-13(10-14(9-12)11-16)5-6-15-4-2-3-7-17-15;1-2/h2-4,7-10H,1H3;1-2H3. The molecule has 0 saturated carbocycles. The number of aryl methyl sites for hydroxylation is 1. The van der Waals surface area contributed by atoms with Crippen LogP contribution in [0.2, 0.25) is 0 Å². The van der Waals surface area contributed by atoms with Crippen LogP contribution in [0.25, 0.3) is 0 Å². The van der Waals surface area contributed by atoms with E-state index in [2.05, 4.69) is 22.9 Å². The quantitative estimate of drug-likeness (QED) is 0.667. The molecule has 0 aliphatic carbocycles. The molecule has 2 aromatic rings. The fourth-order valence-corrected chi connectivity index (χ4v) is 1.49. The molecule has 0 unspecified atom stereocenters. The molecule has 1 aromatic carbocycles. The highest BCUT2D eigenvalue weighted by Crippen LogP contribution is 2.07. The third kappa shape index (κ3) is 4.66. The van der Waals surface area contributed by atoms with Crippen molar-refractivity contribution in [3.05, 3.63) is 65.0 Å². The van der Waals surface area contributed by atoms with Gasteiger partial charge in [0.15, 0.2) is 0 Å². The van der Waals surface area contributed by atoms with Crippen LogP contribution in [0, 0.1) is 30.1 Å². The van der Waals surface area contributed by atoms with E-state index < -0.39 is 0 Å². The van der Waals surface area contributed by atoms with E-state index in [0.717, 1.165) is 16.8 Å². The lowest BCUT2D eigenvalue weighted by atomic mass is 10.1. The molecule has 2 rings (SSSR count). The second-order valence-electron chi connectivity index (χ2n) is 3.66. The van der Waals surface area contributed by atoms with E-state index in [1.54, 1.807) is 12.3 Å². The normalized spacial score (nSPS) is 8.32. The summed E-state index contributed by atoms with van der Waals surface area (Å²) in [6.45, 7) is 5.95. The van der Waals surface area contributed by atoms with Crippen LogP contribution in [-0.2, 0) is 0 Å². The molecular formula is C17H16N2. The van der Waals surface area contributed by atoms with Crippen LogP contribution in [0.5, 0.6) is 0 Å². The summed E-state index contributed by atoms with van der Waals surface area (Å²) in [6, 6.07) is 13.3. The third-order valence-electron chi connectivity index (χ3n) is 2.21. The Kier molecular flexibility index (Phi) is 5.86. The number of rotatable bonds is 0. The lowest BCUT2D eigenvalue weighted by molar-refractivity contribution is 1.29. The zero-order chi connectivity index (χ0) is 14.1. The molecule has 0 fully saturated rings. The molecule has 0 bridgehead atoms. The summed E-state index contributed by atoms with van der Waals surface area (Å²) < 4.78 is 0. The van der Waals surface area contributed by atoms with Crippen LogP contribution in [0.1, 0.15) is 36.2 Å². The van der Waals surface area contributed by atoms with Crippen LogP contribution in [0.15, 0.2) is 42.6 Å². The number of nitrogens with zero attached hydrogens (tertiary/aromatic N) is 2. The molecule has 2 nitrogen and oxygen atoms in total. The Balaban J connectivity index is 0.000000861. The van der Waals surface area contributed by atoms with Gasteiger partial charge in [-0.1, -0.05) is 25.8 Å². The van der Waals surface area contributed by atoms with E-state index >= 15 is 0 Å². The van der Waals surface area contributed by atoms with Gasteiger partial charge in [-0.25, -0.2) is 4.98 Å². The van der Waals surface area contributed by atoms with Gasteiger partial charge in [-0.15, -0.1) is 0 Å². The zero-order valence-corrected chi connectivity index (χ0v) is 11.4. The maximum atomic E-state index is 8.86. The topological polar surface area (TPSA) is 36.7 Å². The molecule has 0 saturated heterocycles. The van der Waals surface area contributed by atoms with Gasteiger partial charge in [-0.05, 0) is 48.7 Å². The van der Waals surface area contributed by atoms with E-state index in [0.29, 0.717) is 5.56 Å². The summed E-state index contributed by atoms with van der Waals surface area (Å²) in [5.74, 6) is 5.98. The molecule has 0 aliphatic rings. The Morgan fingerprint density at radius 2 is 1.74 bits per heavy atom. The number of benzene rings is 1. The van der Waals surface area contributed by atoms with Crippen LogP contribution in [-0.4, -0.2) is 4.98 Å². The molecule has 0 radical (unpaired) electrons. The van der Waals surface area contributed by atoms with Gasteiger partial charge in [0.25, 0.3) is 0 Å². The monoisotopic (exact) mass is 248 g/mol. The fourth-order valence-electron chi connectivity index (χ4n) is 1.49. The Morgan fingerprint density at radius 3 is 2.37 bits per heavy atom. The summed E-state index contributed by atoms with van der Waals surface area (Å²) in [5.41, 5.74) is 3.24.